The highest BCUT2D eigenvalue weighted by atomic mass is 35.5. The van der Waals surface area contributed by atoms with E-state index >= 15 is 0 Å². The maximum absolute atomic E-state index is 6.30. The lowest BCUT2D eigenvalue weighted by atomic mass is 10.2. The number of hydrogen-bond acceptors (Lipinski definition) is 3. The summed E-state index contributed by atoms with van der Waals surface area (Å²) in [6.45, 7) is 3.54. The van der Waals surface area contributed by atoms with Crippen LogP contribution < -0.4 is 10.1 Å². The van der Waals surface area contributed by atoms with Gasteiger partial charge >= 0.3 is 0 Å². The lowest BCUT2D eigenvalue weighted by molar-refractivity contribution is -0.903. The fraction of sp³-hybridized carbons (Fsp3) is 0.226. The van der Waals surface area contributed by atoms with Crippen LogP contribution in [-0.2, 0) is 13.2 Å². The van der Waals surface area contributed by atoms with Gasteiger partial charge in [-0.1, -0.05) is 71.9 Å². The minimum atomic E-state index is 0.590. The molecule has 5 heteroatoms. The van der Waals surface area contributed by atoms with Crippen LogP contribution in [0.25, 0.3) is 0 Å². The van der Waals surface area contributed by atoms with E-state index < -0.39 is 0 Å². The normalized spacial score (nSPS) is 11.3. The summed E-state index contributed by atoms with van der Waals surface area (Å²) in [5.41, 5.74) is 3.58. The number of halogens is 1. The summed E-state index contributed by atoms with van der Waals surface area (Å²) in [6.07, 6.45) is 1.06. The molecule has 4 aromatic rings. The Bertz CT molecular complexity index is 1210. The first-order valence-corrected chi connectivity index (χ1v) is 13.5. The van der Waals surface area contributed by atoms with Crippen molar-refractivity contribution in [3.63, 3.8) is 0 Å². The summed E-state index contributed by atoms with van der Waals surface area (Å²) in [4.78, 5) is 2.41. The van der Waals surface area contributed by atoms with Gasteiger partial charge in [0.1, 0.15) is 18.9 Å². The van der Waals surface area contributed by atoms with E-state index in [0.29, 0.717) is 6.61 Å². The third-order valence-corrected chi connectivity index (χ3v) is 7.27. The second kappa shape index (κ2) is 12.9. The van der Waals surface area contributed by atoms with Gasteiger partial charge in [-0.25, -0.2) is 0 Å². The number of anilines is 1. The SMILES string of the molecule is C[N+](C)(CCCNc1cc(Cl)ccc1Sc1ccccc1)Cc1ccc(OCc2ccccc2)cc1. The van der Waals surface area contributed by atoms with Gasteiger partial charge in [-0.2, -0.15) is 0 Å². The Labute approximate surface area is 224 Å². The van der Waals surface area contributed by atoms with Gasteiger partial charge in [-0.3, -0.25) is 0 Å². The molecule has 0 aliphatic carbocycles. The van der Waals surface area contributed by atoms with E-state index in [1.807, 2.05) is 36.4 Å². The van der Waals surface area contributed by atoms with E-state index in [4.69, 9.17) is 16.3 Å². The predicted molar refractivity (Wildman–Crippen MR) is 153 cm³/mol. The molecule has 0 aromatic heterocycles. The first-order valence-electron chi connectivity index (χ1n) is 12.3. The molecule has 0 amide bonds. The van der Waals surface area contributed by atoms with Crippen LogP contribution in [0.4, 0.5) is 5.69 Å². The second-order valence-electron chi connectivity index (χ2n) is 9.57. The maximum Gasteiger partial charge on any atom is 0.119 e. The monoisotopic (exact) mass is 517 g/mol. The van der Waals surface area contributed by atoms with Crippen LogP contribution in [0.15, 0.2) is 113 Å². The number of nitrogens with one attached hydrogen (secondary N) is 1. The zero-order valence-electron chi connectivity index (χ0n) is 21.0. The van der Waals surface area contributed by atoms with E-state index in [2.05, 4.69) is 86.1 Å². The fourth-order valence-electron chi connectivity index (χ4n) is 4.08. The largest absolute Gasteiger partial charge is 0.489 e. The average molecular weight is 518 g/mol. The van der Waals surface area contributed by atoms with Crippen LogP contribution in [0.2, 0.25) is 5.02 Å². The Morgan fingerprint density at radius 1 is 0.806 bits per heavy atom. The van der Waals surface area contributed by atoms with E-state index in [0.717, 1.165) is 47.0 Å². The second-order valence-corrected chi connectivity index (χ2v) is 11.1. The van der Waals surface area contributed by atoms with Crippen LogP contribution in [0.5, 0.6) is 5.75 Å². The lowest BCUT2D eigenvalue weighted by Gasteiger charge is -2.30. The molecule has 0 saturated heterocycles. The van der Waals surface area contributed by atoms with Gasteiger partial charge in [-0.15, -0.1) is 0 Å². The van der Waals surface area contributed by atoms with Crippen molar-refractivity contribution in [3.05, 3.63) is 119 Å². The molecule has 3 nitrogen and oxygen atoms in total. The molecular formula is C31H34ClN2OS+. The predicted octanol–water partition coefficient (Wildman–Crippen LogP) is 8.15. The van der Waals surface area contributed by atoms with Crippen molar-refractivity contribution in [2.45, 2.75) is 29.4 Å². The molecule has 186 valence electrons. The lowest BCUT2D eigenvalue weighted by Crippen LogP contribution is -2.40. The number of hydrogen-bond donors (Lipinski definition) is 1. The highest BCUT2D eigenvalue weighted by Gasteiger charge is 2.16. The molecule has 0 atom stereocenters. The quantitative estimate of drug-likeness (QED) is 0.151. The van der Waals surface area contributed by atoms with Gasteiger partial charge in [0.2, 0.25) is 0 Å². The Hall–Kier alpha value is -2.92. The van der Waals surface area contributed by atoms with E-state index in [1.54, 1.807) is 11.8 Å². The Morgan fingerprint density at radius 2 is 1.50 bits per heavy atom. The topological polar surface area (TPSA) is 21.3 Å². The molecule has 0 fully saturated rings. The molecule has 4 rings (SSSR count). The zero-order valence-corrected chi connectivity index (χ0v) is 22.6. The number of ether oxygens (including phenoxy) is 1. The van der Waals surface area contributed by atoms with E-state index in [1.165, 1.54) is 20.9 Å². The molecule has 36 heavy (non-hydrogen) atoms. The third-order valence-electron chi connectivity index (χ3n) is 5.95. The highest BCUT2D eigenvalue weighted by molar-refractivity contribution is 7.99. The van der Waals surface area contributed by atoms with Crippen molar-refractivity contribution >= 4 is 29.1 Å². The molecular weight excluding hydrogens is 484 g/mol. The number of quaternary nitrogens is 1. The minimum absolute atomic E-state index is 0.590. The smallest absolute Gasteiger partial charge is 0.119 e. The molecule has 0 unspecified atom stereocenters. The van der Waals surface area contributed by atoms with E-state index in [9.17, 15) is 0 Å². The van der Waals surface area contributed by atoms with Gasteiger partial charge in [0.05, 0.1) is 20.6 Å². The first-order chi connectivity index (χ1) is 17.5. The molecule has 0 bridgehead atoms. The van der Waals surface area contributed by atoms with Gasteiger partial charge in [0.15, 0.2) is 0 Å². The molecule has 0 aliphatic rings. The molecule has 0 radical (unpaired) electrons. The zero-order chi connectivity index (χ0) is 25.2. The standard InChI is InChI=1S/C31H34ClN2OS/c1-34(2,23-25-14-17-28(18-15-25)35-24-26-10-5-3-6-11-26)21-9-20-33-30-22-27(32)16-19-31(30)36-29-12-7-4-8-13-29/h3-8,10-19,22,33H,9,20-21,23-24H2,1-2H3/q+1. The van der Waals surface area contributed by atoms with Gasteiger partial charge < -0.3 is 14.5 Å². The van der Waals surface area contributed by atoms with Crippen molar-refractivity contribution in [1.82, 2.24) is 0 Å². The first kappa shape index (κ1) is 26.2. The fourth-order valence-corrected chi connectivity index (χ4v) is 5.18. The van der Waals surface area contributed by atoms with Gasteiger partial charge in [0.25, 0.3) is 0 Å². The molecule has 1 N–H and O–H groups in total. The summed E-state index contributed by atoms with van der Waals surface area (Å²) in [5, 5.41) is 4.37. The Morgan fingerprint density at radius 3 is 2.22 bits per heavy atom. The van der Waals surface area contributed by atoms with Crippen molar-refractivity contribution in [1.29, 1.82) is 0 Å². The third kappa shape index (κ3) is 8.34. The Kier molecular flexibility index (Phi) is 9.35. The summed E-state index contributed by atoms with van der Waals surface area (Å²) >= 11 is 8.05. The summed E-state index contributed by atoms with van der Waals surface area (Å²) in [5.74, 6) is 0.905. The van der Waals surface area contributed by atoms with Gasteiger partial charge in [-0.05, 0) is 60.2 Å². The van der Waals surface area contributed by atoms with Crippen LogP contribution in [0.3, 0.4) is 0 Å². The van der Waals surface area contributed by atoms with Crippen LogP contribution in [0, 0.1) is 0 Å². The van der Waals surface area contributed by atoms with Crippen LogP contribution in [0.1, 0.15) is 17.5 Å². The number of nitrogens with zero attached hydrogens (tertiary/aromatic N) is 1. The van der Waals surface area contributed by atoms with Crippen molar-refractivity contribution in [2.24, 2.45) is 0 Å². The molecule has 0 aliphatic heterocycles. The summed E-state index contributed by atoms with van der Waals surface area (Å²) in [6, 6.07) is 35.3. The van der Waals surface area contributed by atoms with Crippen molar-refractivity contribution in [3.8, 4) is 5.75 Å². The Balaban J connectivity index is 1.24. The molecule has 0 spiro atoms. The summed E-state index contributed by atoms with van der Waals surface area (Å²) < 4.78 is 6.85. The van der Waals surface area contributed by atoms with Crippen molar-refractivity contribution in [2.75, 3.05) is 32.5 Å². The van der Waals surface area contributed by atoms with Crippen LogP contribution >= 0.6 is 23.4 Å². The van der Waals surface area contributed by atoms with Gasteiger partial charge in [0, 0.05) is 39.0 Å². The van der Waals surface area contributed by atoms with E-state index in [-0.39, 0.29) is 0 Å². The highest BCUT2D eigenvalue weighted by Crippen LogP contribution is 2.35. The maximum atomic E-state index is 6.30. The average Bonchev–Trinajstić information content (AvgIpc) is 2.89. The number of rotatable bonds is 12. The summed E-state index contributed by atoms with van der Waals surface area (Å²) in [7, 11) is 4.58. The van der Waals surface area contributed by atoms with Crippen LogP contribution in [-0.4, -0.2) is 31.7 Å². The molecule has 0 heterocycles. The number of benzene rings is 4. The minimum Gasteiger partial charge on any atom is -0.489 e. The van der Waals surface area contributed by atoms with Crippen molar-refractivity contribution < 1.29 is 9.22 Å². The molecule has 4 aromatic carbocycles. The molecule has 0 saturated carbocycles.